The van der Waals surface area contributed by atoms with Gasteiger partial charge in [0.25, 0.3) is 0 Å². The normalized spacial score (nSPS) is 20.1. The van der Waals surface area contributed by atoms with Crippen molar-refractivity contribution in [2.75, 3.05) is 32.8 Å². The number of ether oxygens (including phenoxy) is 1. The Kier molecular flexibility index (Phi) is 5.33. The lowest BCUT2D eigenvalue weighted by Gasteiger charge is -2.22. The summed E-state index contributed by atoms with van der Waals surface area (Å²) in [6.07, 6.45) is 2.66. The van der Waals surface area contributed by atoms with Crippen molar-refractivity contribution < 1.29 is 4.74 Å². The highest BCUT2D eigenvalue weighted by atomic mass is 16.5. The maximum Gasteiger partial charge on any atom is 0.119 e. The van der Waals surface area contributed by atoms with E-state index in [9.17, 15) is 0 Å². The van der Waals surface area contributed by atoms with E-state index in [4.69, 9.17) is 4.74 Å². The van der Waals surface area contributed by atoms with Gasteiger partial charge < -0.3 is 15.4 Å². The Bertz CT molecular complexity index is 296. The molecular formula is C14H22N2O. The van der Waals surface area contributed by atoms with E-state index in [-0.39, 0.29) is 0 Å². The summed E-state index contributed by atoms with van der Waals surface area (Å²) in [5.74, 6) is 1.74. The first-order valence-electron chi connectivity index (χ1n) is 6.54. The summed E-state index contributed by atoms with van der Waals surface area (Å²) in [4.78, 5) is 0. The lowest BCUT2D eigenvalue weighted by atomic mass is 10.00. The molecule has 0 bridgehead atoms. The molecule has 3 nitrogen and oxygen atoms in total. The van der Waals surface area contributed by atoms with Crippen LogP contribution in [0.4, 0.5) is 0 Å². The van der Waals surface area contributed by atoms with Gasteiger partial charge in [-0.2, -0.15) is 0 Å². The molecule has 1 aliphatic heterocycles. The summed E-state index contributed by atoms with van der Waals surface area (Å²) in [5, 5.41) is 6.89. The van der Waals surface area contributed by atoms with Crippen LogP contribution in [0.1, 0.15) is 12.8 Å². The second-order valence-corrected chi connectivity index (χ2v) is 4.58. The largest absolute Gasteiger partial charge is 0.492 e. The lowest BCUT2D eigenvalue weighted by molar-refractivity contribution is 0.299. The number of nitrogens with one attached hydrogen (secondary N) is 2. The third kappa shape index (κ3) is 4.75. The zero-order valence-corrected chi connectivity index (χ0v) is 10.3. The molecule has 1 heterocycles. The van der Waals surface area contributed by atoms with Crippen LogP contribution in [0.2, 0.25) is 0 Å². The van der Waals surface area contributed by atoms with E-state index in [0.29, 0.717) is 0 Å². The minimum atomic E-state index is 0.740. The van der Waals surface area contributed by atoms with Crippen LogP contribution in [0.25, 0.3) is 0 Å². The molecule has 2 rings (SSSR count). The third-order valence-electron chi connectivity index (χ3n) is 3.12. The fraction of sp³-hybridized carbons (Fsp3) is 0.571. The van der Waals surface area contributed by atoms with Crippen LogP contribution in [0.5, 0.6) is 5.75 Å². The van der Waals surface area contributed by atoms with Crippen molar-refractivity contribution in [2.24, 2.45) is 5.92 Å². The Morgan fingerprint density at radius 2 is 2.18 bits per heavy atom. The van der Waals surface area contributed by atoms with Gasteiger partial charge >= 0.3 is 0 Å². The molecule has 2 N–H and O–H groups in total. The highest BCUT2D eigenvalue weighted by molar-refractivity contribution is 5.20. The Morgan fingerprint density at radius 3 is 2.94 bits per heavy atom. The SMILES string of the molecule is c1ccc(OCCNCC2CCCNC2)cc1. The first kappa shape index (κ1) is 12.4. The topological polar surface area (TPSA) is 33.3 Å². The number of piperidine rings is 1. The molecule has 17 heavy (non-hydrogen) atoms. The molecule has 1 aromatic rings. The van der Waals surface area contributed by atoms with Crippen molar-refractivity contribution >= 4 is 0 Å². The molecule has 0 radical (unpaired) electrons. The van der Waals surface area contributed by atoms with E-state index in [1.165, 1.54) is 19.4 Å². The van der Waals surface area contributed by atoms with Gasteiger partial charge in [-0.25, -0.2) is 0 Å². The quantitative estimate of drug-likeness (QED) is 0.734. The van der Waals surface area contributed by atoms with Gasteiger partial charge in [0.2, 0.25) is 0 Å². The summed E-state index contributed by atoms with van der Waals surface area (Å²) in [5.41, 5.74) is 0. The van der Waals surface area contributed by atoms with E-state index >= 15 is 0 Å². The van der Waals surface area contributed by atoms with E-state index in [2.05, 4.69) is 10.6 Å². The van der Waals surface area contributed by atoms with Crippen molar-refractivity contribution in [1.29, 1.82) is 0 Å². The second-order valence-electron chi connectivity index (χ2n) is 4.58. The van der Waals surface area contributed by atoms with Crippen LogP contribution < -0.4 is 15.4 Å². The summed E-state index contributed by atoms with van der Waals surface area (Å²) < 4.78 is 5.62. The highest BCUT2D eigenvalue weighted by Gasteiger charge is 2.11. The van der Waals surface area contributed by atoms with Crippen molar-refractivity contribution in [1.82, 2.24) is 10.6 Å². The smallest absolute Gasteiger partial charge is 0.119 e. The standard InChI is InChI=1S/C14H22N2O/c1-2-6-14(7-3-1)17-10-9-16-12-13-5-4-8-15-11-13/h1-3,6-7,13,15-16H,4-5,8-12H2. The van der Waals surface area contributed by atoms with Gasteiger partial charge in [0.05, 0.1) is 0 Å². The zero-order chi connectivity index (χ0) is 11.8. The van der Waals surface area contributed by atoms with Crippen molar-refractivity contribution in [2.45, 2.75) is 12.8 Å². The maximum absolute atomic E-state index is 5.62. The Labute approximate surface area is 104 Å². The minimum absolute atomic E-state index is 0.740. The summed E-state index contributed by atoms with van der Waals surface area (Å²) in [6.45, 7) is 5.11. The first-order chi connectivity index (χ1) is 8.45. The van der Waals surface area contributed by atoms with Gasteiger partial charge in [-0.15, -0.1) is 0 Å². The second kappa shape index (κ2) is 7.30. The lowest BCUT2D eigenvalue weighted by Crippen LogP contribution is -2.37. The zero-order valence-electron chi connectivity index (χ0n) is 10.3. The number of hydrogen-bond donors (Lipinski definition) is 2. The first-order valence-corrected chi connectivity index (χ1v) is 6.54. The molecular weight excluding hydrogens is 212 g/mol. The fourth-order valence-electron chi connectivity index (χ4n) is 2.16. The molecule has 0 aliphatic carbocycles. The number of para-hydroxylation sites is 1. The maximum atomic E-state index is 5.62. The molecule has 1 saturated heterocycles. The summed E-state index contributed by atoms with van der Waals surface area (Å²) in [7, 11) is 0. The van der Waals surface area contributed by atoms with E-state index < -0.39 is 0 Å². The molecule has 0 aromatic heterocycles. The molecule has 1 aromatic carbocycles. The van der Waals surface area contributed by atoms with Crippen molar-refractivity contribution in [3.05, 3.63) is 30.3 Å². The third-order valence-corrected chi connectivity index (χ3v) is 3.12. The van der Waals surface area contributed by atoms with E-state index in [1.54, 1.807) is 0 Å². The molecule has 1 unspecified atom stereocenters. The molecule has 1 fully saturated rings. The van der Waals surface area contributed by atoms with Gasteiger partial charge in [0.15, 0.2) is 0 Å². The van der Waals surface area contributed by atoms with Crippen LogP contribution in [0, 0.1) is 5.92 Å². The molecule has 94 valence electrons. The number of benzene rings is 1. The Morgan fingerprint density at radius 1 is 1.29 bits per heavy atom. The molecule has 1 atom stereocenters. The van der Waals surface area contributed by atoms with Crippen LogP contribution in [0.15, 0.2) is 30.3 Å². The van der Waals surface area contributed by atoms with Gasteiger partial charge in [-0.3, -0.25) is 0 Å². The average Bonchev–Trinajstić information content (AvgIpc) is 2.41. The molecule has 3 heteroatoms. The molecule has 0 saturated carbocycles. The molecule has 0 spiro atoms. The summed E-state index contributed by atoms with van der Waals surface area (Å²) in [6, 6.07) is 9.98. The van der Waals surface area contributed by atoms with Crippen molar-refractivity contribution in [3.8, 4) is 5.75 Å². The predicted octanol–water partition coefficient (Wildman–Crippen LogP) is 1.65. The Hall–Kier alpha value is -1.06. The van der Waals surface area contributed by atoms with Crippen LogP contribution in [0.3, 0.4) is 0 Å². The average molecular weight is 234 g/mol. The molecule has 1 aliphatic rings. The van der Waals surface area contributed by atoms with Crippen LogP contribution in [-0.4, -0.2) is 32.8 Å². The minimum Gasteiger partial charge on any atom is -0.492 e. The van der Waals surface area contributed by atoms with Crippen LogP contribution >= 0.6 is 0 Å². The van der Waals surface area contributed by atoms with Gasteiger partial charge in [0.1, 0.15) is 12.4 Å². The van der Waals surface area contributed by atoms with Gasteiger partial charge in [0, 0.05) is 6.54 Å². The van der Waals surface area contributed by atoms with Gasteiger partial charge in [-0.1, -0.05) is 18.2 Å². The Balaban J connectivity index is 1.51. The number of hydrogen-bond acceptors (Lipinski definition) is 3. The monoisotopic (exact) mass is 234 g/mol. The van der Waals surface area contributed by atoms with Gasteiger partial charge in [-0.05, 0) is 50.5 Å². The number of rotatable bonds is 6. The predicted molar refractivity (Wildman–Crippen MR) is 70.4 cm³/mol. The molecule has 0 amide bonds. The van der Waals surface area contributed by atoms with Crippen molar-refractivity contribution in [3.63, 3.8) is 0 Å². The highest BCUT2D eigenvalue weighted by Crippen LogP contribution is 2.09. The summed E-state index contributed by atoms with van der Waals surface area (Å²) >= 11 is 0. The van der Waals surface area contributed by atoms with E-state index in [0.717, 1.165) is 37.9 Å². The van der Waals surface area contributed by atoms with E-state index in [1.807, 2.05) is 30.3 Å². The fourth-order valence-corrected chi connectivity index (χ4v) is 2.16. The van der Waals surface area contributed by atoms with Crippen LogP contribution in [-0.2, 0) is 0 Å².